The van der Waals surface area contributed by atoms with Crippen LogP contribution in [0.1, 0.15) is 15.9 Å². The Labute approximate surface area is 170 Å². The highest BCUT2D eigenvalue weighted by Gasteiger charge is 2.26. The summed E-state index contributed by atoms with van der Waals surface area (Å²) >= 11 is 0. The van der Waals surface area contributed by atoms with Gasteiger partial charge in [0.25, 0.3) is 5.56 Å². The summed E-state index contributed by atoms with van der Waals surface area (Å²) in [5.74, 6) is -0.105. The van der Waals surface area contributed by atoms with Crippen LogP contribution in [0, 0.1) is 6.92 Å². The largest absolute Gasteiger partial charge is 0.465 e. The van der Waals surface area contributed by atoms with E-state index in [2.05, 4.69) is 15.1 Å². The van der Waals surface area contributed by atoms with Gasteiger partial charge in [-0.05, 0) is 30.7 Å². The zero-order valence-electron chi connectivity index (χ0n) is 16.3. The van der Waals surface area contributed by atoms with Crippen molar-refractivity contribution in [1.29, 1.82) is 0 Å². The number of aromatic amines is 1. The van der Waals surface area contributed by atoms with Gasteiger partial charge >= 0.3 is 5.97 Å². The standard InChI is InChI=1S/C22H17N5O3/c1-13-7-3-6-10-18(13)27-20(28)14-11-26(12-15(19(14)25-27)21(29)30-2)22-23-16-8-4-5-9-17(16)24-22/h3-12H,1-2H3,(H,23,24). The predicted octanol–water partition coefficient (Wildman–Crippen LogP) is 3.10. The van der Waals surface area contributed by atoms with Crippen molar-refractivity contribution in [1.82, 2.24) is 24.3 Å². The topological polar surface area (TPSA) is 94.8 Å². The first-order valence-corrected chi connectivity index (χ1v) is 9.31. The highest BCUT2D eigenvalue weighted by Crippen LogP contribution is 2.25. The van der Waals surface area contributed by atoms with Gasteiger partial charge in [0.1, 0.15) is 11.3 Å². The number of benzene rings is 2. The number of para-hydroxylation sites is 3. The van der Waals surface area contributed by atoms with Gasteiger partial charge in [0.15, 0.2) is 0 Å². The Balaban J connectivity index is 1.79. The molecule has 0 spiro atoms. The normalized spacial score (nSPS) is 11.3. The molecule has 3 heterocycles. The van der Waals surface area contributed by atoms with Crippen molar-refractivity contribution >= 4 is 17.0 Å². The Bertz CT molecular complexity index is 1410. The molecule has 2 aromatic carbocycles. The number of methoxy groups -OCH3 is 1. The Kier molecular flexibility index (Phi) is 3.99. The molecule has 1 aromatic heterocycles. The molecule has 8 heteroatoms. The zero-order chi connectivity index (χ0) is 20.8. The van der Waals surface area contributed by atoms with Crippen molar-refractivity contribution in [2.75, 3.05) is 7.11 Å². The minimum atomic E-state index is -0.583. The lowest BCUT2D eigenvalue weighted by Crippen LogP contribution is -2.16. The first kappa shape index (κ1) is 17.9. The van der Waals surface area contributed by atoms with Crippen molar-refractivity contribution in [3.05, 3.63) is 82.4 Å². The first-order valence-electron chi connectivity index (χ1n) is 9.31. The van der Waals surface area contributed by atoms with Gasteiger partial charge in [0.05, 0.1) is 29.4 Å². The molecule has 3 aromatic rings. The molecule has 8 nitrogen and oxygen atoms in total. The molecule has 0 atom stereocenters. The monoisotopic (exact) mass is 399 g/mol. The van der Waals surface area contributed by atoms with Gasteiger partial charge in [-0.1, -0.05) is 30.3 Å². The van der Waals surface area contributed by atoms with Crippen molar-refractivity contribution in [2.24, 2.45) is 0 Å². The molecule has 1 N–H and O–H groups in total. The lowest BCUT2D eigenvalue weighted by molar-refractivity contribution is 0.0600. The molecule has 0 fully saturated rings. The number of hydrogen-bond donors (Lipinski definition) is 1. The fourth-order valence-corrected chi connectivity index (χ4v) is 3.51. The highest BCUT2D eigenvalue weighted by atomic mass is 16.5. The number of pyridine rings is 1. The number of esters is 1. The second-order valence-corrected chi connectivity index (χ2v) is 6.91. The molecule has 0 aliphatic carbocycles. The maximum atomic E-state index is 13.2. The van der Waals surface area contributed by atoms with E-state index in [1.54, 1.807) is 17.0 Å². The molecule has 30 heavy (non-hydrogen) atoms. The van der Waals surface area contributed by atoms with Crippen LogP contribution in [-0.4, -0.2) is 37.4 Å². The van der Waals surface area contributed by atoms with E-state index in [-0.39, 0.29) is 16.8 Å². The summed E-state index contributed by atoms with van der Waals surface area (Å²) in [5, 5.41) is 4.45. The zero-order valence-corrected chi connectivity index (χ0v) is 16.3. The summed E-state index contributed by atoms with van der Waals surface area (Å²) < 4.78 is 7.86. The molecule has 5 rings (SSSR count). The van der Waals surface area contributed by atoms with E-state index in [4.69, 9.17) is 4.74 Å². The molecule has 0 unspecified atom stereocenters. The molecule has 2 aliphatic heterocycles. The quantitative estimate of drug-likeness (QED) is 0.471. The molecule has 148 valence electrons. The Morgan fingerprint density at radius 1 is 1.07 bits per heavy atom. The molecular weight excluding hydrogens is 382 g/mol. The molecular formula is C22H17N5O3. The maximum Gasteiger partial charge on any atom is 0.341 e. The molecule has 0 amide bonds. The summed E-state index contributed by atoms with van der Waals surface area (Å²) in [7, 11) is 1.29. The summed E-state index contributed by atoms with van der Waals surface area (Å²) in [4.78, 5) is 33.4. The van der Waals surface area contributed by atoms with E-state index in [1.165, 1.54) is 11.8 Å². The van der Waals surface area contributed by atoms with E-state index in [0.717, 1.165) is 16.6 Å². The van der Waals surface area contributed by atoms with Gasteiger partial charge in [-0.25, -0.2) is 9.78 Å². The number of rotatable bonds is 3. The lowest BCUT2D eigenvalue weighted by atomic mass is 10.1. The van der Waals surface area contributed by atoms with Gasteiger partial charge < -0.3 is 9.72 Å². The first-order chi connectivity index (χ1) is 14.6. The molecule has 2 aliphatic rings. The van der Waals surface area contributed by atoms with Crippen LogP contribution in [0.3, 0.4) is 0 Å². The maximum absolute atomic E-state index is 13.2. The van der Waals surface area contributed by atoms with Gasteiger partial charge in [-0.2, -0.15) is 9.78 Å². The molecule has 0 radical (unpaired) electrons. The van der Waals surface area contributed by atoms with Crippen LogP contribution < -0.4 is 5.56 Å². The fourth-order valence-electron chi connectivity index (χ4n) is 3.51. The van der Waals surface area contributed by atoms with Gasteiger partial charge in [0, 0.05) is 12.4 Å². The van der Waals surface area contributed by atoms with E-state index in [0.29, 0.717) is 17.2 Å². The third-order valence-corrected chi connectivity index (χ3v) is 5.04. The van der Waals surface area contributed by atoms with Crippen molar-refractivity contribution in [3.8, 4) is 22.9 Å². The number of imidazole rings is 1. The van der Waals surface area contributed by atoms with Crippen LogP contribution in [0.15, 0.2) is 65.7 Å². The Morgan fingerprint density at radius 2 is 1.83 bits per heavy atom. The third-order valence-electron chi connectivity index (χ3n) is 5.04. The van der Waals surface area contributed by atoms with Crippen LogP contribution in [0.2, 0.25) is 0 Å². The number of fused-ring (bicyclic) bond motifs is 2. The predicted molar refractivity (Wildman–Crippen MR) is 112 cm³/mol. The van der Waals surface area contributed by atoms with Crippen LogP contribution >= 0.6 is 0 Å². The fraction of sp³-hybridized carbons (Fsp3) is 0.0909. The highest BCUT2D eigenvalue weighted by molar-refractivity contribution is 5.96. The van der Waals surface area contributed by atoms with Crippen LogP contribution in [0.5, 0.6) is 0 Å². The number of carbonyl (C=O) groups is 1. The number of hydrogen-bond acceptors (Lipinski definition) is 5. The number of carbonyl (C=O) groups excluding carboxylic acids is 1. The van der Waals surface area contributed by atoms with Crippen molar-refractivity contribution in [2.45, 2.75) is 6.92 Å². The number of nitrogens with one attached hydrogen (secondary N) is 1. The lowest BCUT2D eigenvalue weighted by Gasteiger charge is -2.09. The molecule has 0 bridgehead atoms. The van der Waals surface area contributed by atoms with E-state index < -0.39 is 5.97 Å². The summed E-state index contributed by atoms with van der Waals surface area (Å²) in [5.41, 5.74) is 3.60. The number of aromatic nitrogens is 5. The number of nitrogens with zero attached hydrogens (tertiary/aromatic N) is 4. The summed E-state index contributed by atoms with van der Waals surface area (Å²) in [6.07, 6.45) is 3.20. The van der Waals surface area contributed by atoms with E-state index in [1.807, 2.05) is 55.5 Å². The third kappa shape index (κ3) is 2.69. The minimum Gasteiger partial charge on any atom is -0.465 e. The average molecular weight is 399 g/mol. The van der Waals surface area contributed by atoms with Crippen LogP contribution in [0.4, 0.5) is 0 Å². The minimum absolute atomic E-state index is 0.180. The number of ether oxygens (including phenoxy) is 1. The molecule has 0 saturated carbocycles. The van der Waals surface area contributed by atoms with Crippen LogP contribution in [-0.2, 0) is 4.74 Å². The van der Waals surface area contributed by atoms with Gasteiger partial charge in [-0.15, -0.1) is 0 Å². The van der Waals surface area contributed by atoms with Gasteiger partial charge in [-0.3, -0.25) is 9.36 Å². The van der Waals surface area contributed by atoms with Crippen LogP contribution in [0.25, 0.3) is 33.9 Å². The average Bonchev–Trinajstić information content (AvgIpc) is 3.34. The van der Waals surface area contributed by atoms with Gasteiger partial charge in [0.2, 0.25) is 5.95 Å². The van der Waals surface area contributed by atoms with E-state index >= 15 is 0 Å². The summed E-state index contributed by atoms with van der Waals surface area (Å²) in [6.45, 7) is 1.90. The second kappa shape index (κ2) is 6.70. The Morgan fingerprint density at radius 3 is 2.60 bits per heavy atom. The Hall–Kier alpha value is -4.20. The number of aryl methyl sites for hydroxylation is 1. The summed E-state index contributed by atoms with van der Waals surface area (Å²) in [6, 6.07) is 15.0. The SMILES string of the molecule is COC(=O)c1cn(-c2nc3ccccc3[nH]2)cc2c(=O)n(-c3ccccc3C)nc1-2. The molecule has 0 saturated heterocycles. The number of H-pyrrole nitrogens is 1. The van der Waals surface area contributed by atoms with E-state index in [9.17, 15) is 9.59 Å². The van der Waals surface area contributed by atoms with Crippen molar-refractivity contribution < 1.29 is 9.53 Å². The van der Waals surface area contributed by atoms with Crippen molar-refractivity contribution in [3.63, 3.8) is 0 Å². The smallest absolute Gasteiger partial charge is 0.341 e. The second-order valence-electron chi connectivity index (χ2n) is 6.91.